The van der Waals surface area contributed by atoms with Gasteiger partial charge >= 0.3 is 5.63 Å². The third kappa shape index (κ3) is 3.01. The van der Waals surface area contributed by atoms with Crippen LogP contribution in [0.15, 0.2) is 63.9 Å². The number of nitrogens with one attached hydrogen (secondary N) is 1. The summed E-state index contributed by atoms with van der Waals surface area (Å²) in [5.74, 6) is -0.342. The monoisotopic (exact) mass is 322 g/mol. The molecule has 2 aromatic carbocycles. The second-order valence-corrected chi connectivity index (χ2v) is 5.58. The number of carbonyl (C=O) groups is 1. The van der Waals surface area contributed by atoms with Crippen LogP contribution < -0.4 is 10.9 Å². The fourth-order valence-electron chi connectivity index (χ4n) is 2.65. The van der Waals surface area contributed by atoms with Gasteiger partial charge < -0.3 is 9.84 Å². The molecule has 0 spiro atoms. The molecule has 0 aliphatic heterocycles. The second kappa shape index (κ2) is 6.58. The van der Waals surface area contributed by atoms with E-state index < -0.39 is 5.63 Å². The van der Waals surface area contributed by atoms with Crippen molar-refractivity contribution in [3.63, 3.8) is 0 Å². The van der Waals surface area contributed by atoms with Crippen LogP contribution in [0.2, 0.25) is 0 Å². The van der Waals surface area contributed by atoms with E-state index in [0.29, 0.717) is 12.1 Å². The van der Waals surface area contributed by atoms with Gasteiger partial charge in [0.15, 0.2) is 5.69 Å². The molecule has 5 heteroatoms. The summed E-state index contributed by atoms with van der Waals surface area (Å²) in [6.45, 7) is 2.38. The summed E-state index contributed by atoms with van der Waals surface area (Å²) >= 11 is 0. The van der Waals surface area contributed by atoms with Crippen molar-refractivity contribution in [3.05, 3.63) is 81.8 Å². The lowest BCUT2D eigenvalue weighted by Crippen LogP contribution is -2.26. The molecule has 0 atom stereocenters. The van der Waals surface area contributed by atoms with E-state index in [9.17, 15) is 9.59 Å². The molecule has 0 saturated carbocycles. The van der Waals surface area contributed by atoms with Crippen molar-refractivity contribution >= 4 is 5.91 Å². The smallest absolute Gasteiger partial charge is 0.347 e. The third-order valence-electron chi connectivity index (χ3n) is 3.95. The molecule has 1 N–H and O–H groups in total. The van der Waals surface area contributed by atoms with Crippen LogP contribution in [0.3, 0.4) is 0 Å². The van der Waals surface area contributed by atoms with Crippen LogP contribution in [0.1, 0.15) is 21.6 Å². The molecule has 122 valence electrons. The minimum Gasteiger partial charge on any atom is -0.347 e. The van der Waals surface area contributed by atoms with E-state index in [4.69, 9.17) is 4.52 Å². The average Bonchev–Trinajstić information content (AvgIpc) is 2.89. The quantitative estimate of drug-likeness (QED) is 0.803. The molecule has 0 radical (unpaired) electrons. The lowest BCUT2D eigenvalue weighted by atomic mass is 10.1. The molecule has 0 unspecified atom stereocenters. The average molecular weight is 322 g/mol. The molecule has 0 aliphatic rings. The molecule has 24 heavy (non-hydrogen) atoms. The molecule has 1 amide bonds. The molecule has 1 aromatic heterocycles. The Hall–Kier alpha value is -3.08. The predicted octanol–water partition coefficient (Wildman–Crippen LogP) is 2.88. The molecule has 0 fully saturated rings. The summed E-state index contributed by atoms with van der Waals surface area (Å²) in [4.78, 5) is 24.8. The van der Waals surface area contributed by atoms with Crippen LogP contribution in [0.25, 0.3) is 11.1 Å². The number of rotatable bonds is 4. The first kappa shape index (κ1) is 15.8. The second-order valence-electron chi connectivity index (χ2n) is 5.58. The van der Waals surface area contributed by atoms with Gasteiger partial charge in [-0.25, -0.2) is 9.53 Å². The third-order valence-corrected chi connectivity index (χ3v) is 3.95. The maximum Gasteiger partial charge on any atom is 0.366 e. The number of nitrogens with zero attached hydrogens (tertiary/aromatic N) is 1. The predicted molar refractivity (Wildman–Crippen MR) is 91.7 cm³/mol. The molecule has 0 aliphatic carbocycles. The Morgan fingerprint density at radius 1 is 1.08 bits per heavy atom. The number of hydrogen-bond donors (Lipinski definition) is 1. The van der Waals surface area contributed by atoms with Crippen LogP contribution >= 0.6 is 0 Å². The van der Waals surface area contributed by atoms with Crippen LogP contribution in [0.4, 0.5) is 0 Å². The first-order chi connectivity index (χ1) is 11.6. The standard InChI is InChI=1S/C19H18N2O3/c1-13-8-6-7-11-15(13)12-20-18(22)17-16(19(23)24-21(17)2)14-9-4-3-5-10-14/h3-11H,12H2,1-2H3,(H,20,22). The van der Waals surface area contributed by atoms with Gasteiger partial charge in [0, 0.05) is 13.6 Å². The van der Waals surface area contributed by atoms with Gasteiger partial charge in [0.25, 0.3) is 5.91 Å². The topological polar surface area (TPSA) is 64.2 Å². The number of aryl methyl sites for hydroxylation is 2. The largest absolute Gasteiger partial charge is 0.366 e. The van der Waals surface area contributed by atoms with Gasteiger partial charge in [-0.15, -0.1) is 0 Å². The Labute approximate surface area is 139 Å². The van der Waals surface area contributed by atoms with Crippen molar-refractivity contribution in [3.8, 4) is 11.1 Å². The lowest BCUT2D eigenvalue weighted by Gasteiger charge is -2.09. The minimum atomic E-state index is -0.523. The maximum absolute atomic E-state index is 12.6. The van der Waals surface area contributed by atoms with Crippen molar-refractivity contribution in [2.45, 2.75) is 13.5 Å². The highest BCUT2D eigenvalue weighted by atomic mass is 16.5. The zero-order valence-electron chi connectivity index (χ0n) is 13.6. The van der Waals surface area contributed by atoms with Crippen molar-refractivity contribution in [2.24, 2.45) is 7.05 Å². The highest BCUT2D eigenvalue weighted by molar-refractivity contribution is 5.98. The molecule has 3 aromatic rings. The van der Waals surface area contributed by atoms with Crippen molar-refractivity contribution in [1.82, 2.24) is 10.1 Å². The fraction of sp³-hybridized carbons (Fsp3) is 0.158. The van der Waals surface area contributed by atoms with Crippen LogP contribution in [-0.2, 0) is 13.6 Å². The number of amides is 1. The molecular formula is C19H18N2O3. The normalized spacial score (nSPS) is 10.6. The van der Waals surface area contributed by atoms with Crippen molar-refractivity contribution in [1.29, 1.82) is 0 Å². The highest BCUT2D eigenvalue weighted by Crippen LogP contribution is 2.20. The molecule has 5 nitrogen and oxygen atoms in total. The van der Waals surface area contributed by atoms with Gasteiger partial charge in [0.05, 0.1) is 0 Å². The van der Waals surface area contributed by atoms with E-state index in [1.807, 2.05) is 49.4 Å². The number of carbonyl (C=O) groups excluding carboxylic acids is 1. The summed E-state index contributed by atoms with van der Waals surface area (Å²) in [7, 11) is 1.55. The van der Waals surface area contributed by atoms with Gasteiger partial charge in [-0.3, -0.25) is 4.79 Å². The molecule has 0 bridgehead atoms. The minimum absolute atomic E-state index is 0.222. The van der Waals surface area contributed by atoms with Crippen molar-refractivity contribution in [2.75, 3.05) is 0 Å². The van der Waals surface area contributed by atoms with Crippen molar-refractivity contribution < 1.29 is 9.32 Å². The fourth-order valence-corrected chi connectivity index (χ4v) is 2.65. The zero-order chi connectivity index (χ0) is 17.1. The van der Waals surface area contributed by atoms with Gasteiger partial charge in [-0.2, -0.15) is 0 Å². The van der Waals surface area contributed by atoms with Crippen LogP contribution in [-0.4, -0.2) is 10.6 Å². The van der Waals surface area contributed by atoms with Crippen LogP contribution in [0.5, 0.6) is 0 Å². The Morgan fingerprint density at radius 2 is 1.75 bits per heavy atom. The Kier molecular flexibility index (Phi) is 4.33. The summed E-state index contributed by atoms with van der Waals surface area (Å²) in [6.07, 6.45) is 0. The first-order valence-electron chi connectivity index (χ1n) is 7.66. The Balaban J connectivity index is 1.91. The lowest BCUT2D eigenvalue weighted by molar-refractivity contribution is 0.0931. The summed E-state index contributed by atoms with van der Waals surface area (Å²) in [6, 6.07) is 16.9. The van der Waals surface area contributed by atoms with E-state index in [2.05, 4.69) is 5.32 Å². The first-order valence-corrected chi connectivity index (χ1v) is 7.66. The van der Waals surface area contributed by atoms with E-state index in [-0.39, 0.29) is 17.2 Å². The zero-order valence-corrected chi connectivity index (χ0v) is 13.6. The molecular weight excluding hydrogens is 304 g/mol. The summed E-state index contributed by atoms with van der Waals surface area (Å²) < 4.78 is 6.32. The SMILES string of the molecule is Cc1ccccc1CNC(=O)c1c(-c2ccccc2)c(=O)on1C. The van der Waals surface area contributed by atoms with Gasteiger partial charge in [0.2, 0.25) is 0 Å². The number of benzene rings is 2. The Bertz CT molecular complexity index is 923. The molecule has 3 rings (SSSR count). The molecule has 1 heterocycles. The Morgan fingerprint density at radius 3 is 2.46 bits per heavy atom. The van der Waals surface area contributed by atoms with Gasteiger partial charge in [0.1, 0.15) is 5.56 Å². The van der Waals surface area contributed by atoms with E-state index >= 15 is 0 Å². The molecule has 0 saturated heterocycles. The summed E-state index contributed by atoms with van der Waals surface area (Å²) in [5, 5.41) is 2.86. The van der Waals surface area contributed by atoms with E-state index in [1.165, 1.54) is 4.74 Å². The van der Waals surface area contributed by atoms with Gasteiger partial charge in [-0.05, 0) is 23.6 Å². The van der Waals surface area contributed by atoms with E-state index in [0.717, 1.165) is 11.1 Å². The maximum atomic E-state index is 12.6. The van der Waals surface area contributed by atoms with E-state index in [1.54, 1.807) is 19.2 Å². The van der Waals surface area contributed by atoms with Crippen LogP contribution in [0, 0.1) is 6.92 Å². The number of aromatic nitrogens is 1. The van der Waals surface area contributed by atoms with Gasteiger partial charge in [-0.1, -0.05) is 54.6 Å². The number of hydrogen-bond acceptors (Lipinski definition) is 3. The summed E-state index contributed by atoms with van der Waals surface area (Å²) in [5.41, 5.74) is 2.76. The highest BCUT2D eigenvalue weighted by Gasteiger charge is 2.23.